The Morgan fingerprint density at radius 2 is 1.59 bits per heavy atom. The summed E-state index contributed by atoms with van der Waals surface area (Å²) in [5.41, 5.74) is 6.44. The number of pyridine rings is 3. The largest absolute Gasteiger partial charge is 0.475 e. The van der Waals surface area contributed by atoms with Crippen LogP contribution in [0.3, 0.4) is 0 Å². The minimum absolute atomic E-state index is 0.0878. The molecule has 0 amide bonds. The Bertz CT molecular complexity index is 1380. The predicted octanol–water partition coefficient (Wildman–Crippen LogP) is 6.05. The zero-order valence-corrected chi connectivity index (χ0v) is 17.7. The van der Waals surface area contributed by atoms with Gasteiger partial charge in [-0.2, -0.15) is 0 Å². The van der Waals surface area contributed by atoms with Crippen molar-refractivity contribution < 1.29 is 9.13 Å². The standard InChI is InChI=1S/C26H21FN4O/c1-17(2)32-26-8-5-21(15-30-26)19-10-12-31-24(16-29-25(31)14-19)20-9-11-28-23(13-20)18-3-6-22(27)7-4-18/h3-17H,1-2H3. The van der Waals surface area contributed by atoms with Gasteiger partial charge in [-0.25, -0.2) is 14.4 Å². The molecule has 0 unspecified atom stereocenters. The average Bonchev–Trinajstić information content (AvgIpc) is 3.23. The fourth-order valence-corrected chi connectivity index (χ4v) is 3.60. The molecule has 5 nitrogen and oxygen atoms in total. The summed E-state index contributed by atoms with van der Waals surface area (Å²) in [6.45, 7) is 3.95. The molecule has 0 N–H and O–H groups in total. The van der Waals surface area contributed by atoms with Gasteiger partial charge in [0, 0.05) is 41.3 Å². The molecule has 0 spiro atoms. The molecule has 1 aromatic carbocycles. The van der Waals surface area contributed by atoms with Crippen LogP contribution in [0.2, 0.25) is 0 Å². The third-order valence-corrected chi connectivity index (χ3v) is 5.14. The maximum atomic E-state index is 13.3. The van der Waals surface area contributed by atoms with Crippen LogP contribution < -0.4 is 4.74 Å². The quantitative estimate of drug-likeness (QED) is 0.345. The maximum Gasteiger partial charge on any atom is 0.213 e. The second kappa shape index (κ2) is 8.23. The first kappa shape index (κ1) is 19.9. The van der Waals surface area contributed by atoms with Gasteiger partial charge in [0.1, 0.15) is 11.5 Å². The molecule has 0 aliphatic heterocycles. The van der Waals surface area contributed by atoms with Crippen molar-refractivity contribution >= 4 is 5.65 Å². The van der Waals surface area contributed by atoms with Crippen LogP contribution >= 0.6 is 0 Å². The summed E-state index contributed by atoms with van der Waals surface area (Å²) in [6, 6.07) is 18.2. The number of benzene rings is 1. The van der Waals surface area contributed by atoms with Crippen molar-refractivity contribution in [3.05, 3.63) is 91.3 Å². The van der Waals surface area contributed by atoms with Gasteiger partial charge >= 0.3 is 0 Å². The Labute approximate surface area is 185 Å². The average molecular weight is 424 g/mol. The molecule has 158 valence electrons. The minimum atomic E-state index is -0.264. The summed E-state index contributed by atoms with van der Waals surface area (Å²) in [5, 5.41) is 0. The van der Waals surface area contributed by atoms with Gasteiger partial charge in [0.25, 0.3) is 0 Å². The van der Waals surface area contributed by atoms with Crippen LogP contribution in [0.15, 0.2) is 85.5 Å². The molecular formula is C26H21FN4O. The van der Waals surface area contributed by atoms with Gasteiger partial charge < -0.3 is 4.74 Å². The summed E-state index contributed by atoms with van der Waals surface area (Å²) < 4.78 is 20.9. The lowest BCUT2D eigenvalue weighted by Crippen LogP contribution is -2.06. The van der Waals surface area contributed by atoms with Gasteiger partial charge in [-0.1, -0.05) is 0 Å². The van der Waals surface area contributed by atoms with Gasteiger partial charge in [0.15, 0.2) is 0 Å². The lowest BCUT2D eigenvalue weighted by Gasteiger charge is -2.09. The number of aromatic nitrogens is 4. The van der Waals surface area contributed by atoms with E-state index in [-0.39, 0.29) is 11.9 Å². The van der Waals surface area contributed by atoms with E-state index in [9.17, 15) is 4.39 Å². The van der Waals surface area contributed by atoms with Crippen molar-refractivity contribution in [2.24, 2.45) is 0 Å². The minimum Gasteiger partial charge on any atom is -0.475 e. The summed E-state index contributed by atoms with van der Waals surface area (Å²) in [4.78, 5) is 13.4. The van der Waals surface area contributed by atoms with Crippen LogP contribution in [0, 0.1) is 5.82 Å². The van der Waals surface area contributed by atoms with Crippen LogP contribution in [0.25, 0.3) is 39.3 Å². The highest BCUT2D eigenvalue weighted by Gasteiger charge is 2.10. The molecule has 5 aromatic rings. The summed E-state index contributed by atoms with van der Waals surface area (Å²) in [5.74, 6) is 0.349. The molecule has 0 saturated heterocycles. The molecule has 0 aliphatic rings. The number of rotatable bonds is 5. The summed E-state index contributed by atoms with van der Waals surface area (Å²) >= 11 is 0. The Morgan fingerprint density at radius 3 is 2.34 bits per heavy atom. The molecule has 32 heavy (non-hydrogen) atoms. The number of hydrogen-bond acceptors (Lipinski definition) is 4. The molecule has 0 saturated carbocycles. The number of fused-ring (bicyclic) bond motifs is 1. The zero-order valence-electron chi connectivity index (χ0n) is 17.7. The van der Waals surface area contributed by atoms with E-state index in [4.69, 9.17) is 4.74 Å². The van der Waals surface area contributed by atoms with Gasteiger partial charge in [0.2, 0.25) is 5.88 Å². The number of nitrogens with zero attached hydrogens (tertiary/aromatic N) is 4. The van der Waals surface area contributed by atoms with E-state index in [2.05, 4.69) is 15.0 Å². The fourth-order valence-electron chi connectivity index (χ4n) is 3.60. The predicted molar refractivity (Wildman–Crippen MR) is 123 cm³/mol. The van der Waals surface area contributed by atoms with Crippen LogP contribution in [-0.2, 0) is 0 Å². The highest BCUT2D eigenvalue weighted by atomic mass is 19.1. The first-order chi connectivity index (χ1) is 15.6. The van der Waals surface area contributed by atoms with Gasteiger partial charge in [-0.15, -0.1) is 0 Å². The molecule has 5 rings (SSSR count). The van der Waals surface area contributed by atoms with E-state index in [1.54, 1.807) is 18.3 Å². The van der Waals surface area contributed by atoms with Crippen molar-refractivity contribution in [2.45, 2.75) is 20.0 Å². The third kappa shape index (κ3) is 3.95. The summed E-state index contributed by atoms with van der Waals surface area (Å²) in [6.07, 6.45) is 7.51. The van der Waals surface area contributed by atoms with E-state index < -0.39 is 0 Å². The van der Waals surface area contributed by atoms with Crippen LogP contribution in [0.1, 0.15) is 13.8 Å². The maximum absolute atomic E-state index is 13.3. The number of ether oxygens (including phenoxy) is 1. The van der Waals surface area contributed by atoms with Crippen molar-refractivity contribution in [2.75, 3.05) is 0 Å². The molecule has 0 fully saturated rings. The third-order valence-electron chi connectivity index (χ3n) is 5.14. The van der Waals surface area contributed by atoms with Crippen molar-refractivity contribution in [1.29, 1.82) is 0 Å². The lowest BCUT2D eigenvalue weighted by molar-refractivity contribution is 0.232. The SMILES string of the molecule is CC(C)Oc1ccc(-c2ccn3c(-c4ccnc(-c5ccc(F)cc5)c4)cnc3c2)cn1. The molecular weight excluding hydrogens is 403 g/mol. The van der Waals surface area contributed by atoms with Crippen LogP contribution in [0.4, 0.5) is 4.39 Å². The molecule has 6 heteroatoms. The second-order valence-corrected chi connectivity index (χ2v) is 7.78. The first-order valence-corrected chi connectivity index (χ1v) is 10.4. The van der Waals surface area contributed by atoms with Gasteiger partial charge in [0.05, 0.1) is 23.7 Å². The van der Waals surface area contributed by atoms with E-state index in [1.165, 1.54) is 12.1 Å². The van der Waals surface area contributed by atoms with E-state index >= 15 is 0 Å². The van der Waals surface area contributed by atoms with Crippen molar-refractivity contribution in [3.8, 4) is 39.5 Å². The smallest absolute Gasteiger partial charge is 0.213 e. The molecule has 0 aliphatic carbocycles. The monoisotopic (exact) mass is 424 g/mol. The Hall–Kier alpha value is -4.06. The fraction of sp³-hybridized carbons (Fsp3) is 0.115. The Balaban J connectivity index is 1.47. The van der Waals surface area contributed by atoms with E-state index in [1.807, 2.05) is 73.2 Å². The zero-order chi connectivity index (χ0) is 22.1. The molecule has 0 bridgehead atoms. The Morgan fingerprint density at radius 1 is 0.781 bits per heavy atom. The first-order valence-electron chi connectivity index (χ1n) is 10.4. The number of halogens is 1. The Kier molecular flexibility index (Phi) is 5.11. The lowest BCUT2D eigenvalue weighted by atomic mass is 10.1. The highest BCUT2D eigenvalue weighted by molar-refractivity contribution is 5.73. The molecule has 0 radical (unpaired) electrons. The van der Waals surface area contributed by atoms with Crippen LogP contribution in [-0.4, -0.2) is 25.5 Å². The van der Waals surface area contributed by atoms with Crippen LogP contribution in [0.5, 0.6) is 5.88 Å². The van der Waals surface area contributed by atoms with E-state index in [0.717, 1.165) is 39.3 Å². The normalized spacial score (nSPS) is 11.2. The summed E-state index contributed by atoms with van der Waals surface area (Å²) in [7, 11) is 0. The molecule has 4 aromatic heterocycles. The topological polar surface area (TPSA) is 52.3 Å². The number of hydrogen-bond donors (Lipinski definition) is 0. The van der Waals surface area contributed by atoms with Crippen molar-refractivity contribution in [1.82, 2.24) is 19.4 Å². The van der Waals surface area contributed by atoms with Gasteiger partial charge in [-0.3, -0.25) is 9.38 Å². The van der Waals surface area contributed by atoms with E-state index in [0.29, 0.717) is 5.88 Å². The molecule has 4 heterocycles. The van der Waals surface area contributed by atoms with Gasteiger partial charge in [-0.05, 0) is 74.0 Å². The highest BCUT2D eigenvalue weighted by Crippen LogP contribution is 2.28. The second-order valence-electron chi connectivity index (χ2n) is 7.78. The molecule has 0 atom stereocenters. The van der Waals surface area contributed by atoms with Crippen molar-refractivity contribution in [3.63, 3.8) is 0 Å². The number of imidazole rings is 1.